The molecule has 2 rings (SSSR count). The molecule has 1 aromatic carbocycles. The molecule has 1 N–H and O–H groups in total. The van der Waals surface area contributed by atoms with E-state index >= 15 is 0 Å². The number of anilines is 1. The first-order valence-corrected chi connectivity index (χ1v) is 7.02. The van der Waals surface area contributed by atoms with Crippen LogP contribution in [0.3, 0.4) is 0 Å². The van der Waals surface area contributed by atoms with Crippen molar-refractivity contribution in [3.63, 3.8) is 0 Å². The van der Waals surface area contributed by atoms with E-state index in [1.54, 1.807) is 25.3 Å². The highest BCUT2D eigenvalue weighted by Gasteiger charge is 2.10. The molecule has 0 spiro atoms. The molecule has 0 saturated heterocycles. The van der Waals surface area contributed by atoms with E-state index in [1.807, 2.05) is 0 Å². The van der Waals surface area contributed by atoms with Gasteiger partial charge in [-0.15, -0.1) is 0 Å². The Morgan fingerprint density at radius 2 is 2.10 bits per heavy atom. The third-order valence-corrected chi connectivity index (χ3v) is 3.81. The van der Waals surface area contributed by atoms with Crippen LogP contribution >= 0.6 is 39.1 Å². The van der Waals surface area contributed by atoms with Crippen molar-refractivity contribution in [2.45, 2.75) is 0 Å². The van der Waals surface area contributed by atoms with Gasteiger partial charge in [0.15, 0.2) is 0 Å². The van der Waals surface area contributed by atoms with Crippen molar-refractivity contribution in [2.24, 2.45) is 0 Å². The topological polar surface area (TPSA) is 51.2 Å². The monoisotopic (exact) mass is 374 g/mol. The number of hydrogen-bond donors (Lipinski definition) is 1. The maximum absolute atomic E-state index is 12.1. The maximum atomic E-state index is 12.1. The zero-order valence-electron chi connectivity index (χ0n) is 10.3. The van der Waals surface area contributed by atoms with Gasteiger partial charge in [-0.2, -0.15) is 0 Å². The number of pyridine rings is 1. The van der Waals surface area contributed by atoms with Crippen LogP contribution in [0.1, 0.15) is 10.4 Å². The van der Waals surface area contributed by atoms with Gasteiger partial charge in [0.2, 0.25) is 0 Å². The summed E-state index contributed by atoms with van der Waals surface area (Å²) in [7, 11) is 1.55. The molecule has 1 amide bonds. The number of nitrogens with one attached hydrogen (secondary N) is 1. The Balaban J connectivity index is 2.21. The molecule has 4 nitrogen and oxygen atoms in total. The third kappa shape index (κ3) is 3.42. The maximum Gasteiger partial charge on any atom is 0.257 e. The Morgan fingerprint density at radius 3 is 2.75 bits per heavy atom. The molecule has 1 heterocycles. The van der Waals surface area contributed by atoms with Crippen LogP contribution in [0, 0.1) is 0 Å². The number of methoxy groups -OCH3 is 1. The van der Waals surface area contributed by atoms with Crippen molar-refractivity contribution in [1.29, 1.82) is 0 Å². The van der Waals surface area contributed by atoms with Gasteiger partial charge in [-0.1, -0.05) is 23.2 Å². The summed E-state index contributed by atoms with van der Waals surface area (Å²) < 4.78 is 5.96. The standard InChI is InChI=1S/C13H9BrCl2N2O2/c1-20-11-5-8(2-3-9(11)14)18-13(19)7-4-10(15)12(16)17-6-7/h2-6H,1H3,(H,18,19). The van der Waals surface area contributed by atoms with Crippen LogP contribution in [0.5, 0.6) is 5.75 Å². The fourth-order valence-corrected chi connectivity index (χ4v) is 2.16. The number of amides is 1. The van der Waals surface area contributed by atoms with E-state index < -0.39 is 0 Å². The number of aromatic nitrogens is 1. The molecule has 0 unspecified atom stereocenters. The minimum Gasteiger partial charge on any atom is -0.495 e. The molecule has 0 fully saturated rings. The van der Waals surface area contributed by atoms with E-state index in [0.717, 1.165) is 4.47 Å². The van der Waals surface area contributed by atoms with Crippen molar-refractivity contribution >= 4 is 50.7 Å². The Morgan fingerprint density at radius 1 is 1.35 bits per heavy atom. The second-order valence-corrected chi connectivity index (χ2v) is 5.42. The number of halogens is 3. The highest BCUT2D eigenvalue weighted by molar-refractivity contribution is 9.10. The van der Waals surface area contributed by atoms with Crippen molar-refractivity contribution in [3.05, 3.63) is 50.7 Å². The smallest absolute Gasteiger partial charge is 0.257 e. The molecule has 0 radical (unpaired) electrons. The van der Waals surface area contributed by atoms with E-state index in [-0.39, 0.29) is 16.1 Å². The van der Waals surface area contributed by atoms with Gasteiger partial charge in [-0.3, -0.25) is 4.79 Å². The second kappa shape index (κ2) is 6.43. The van der Waals surface area contributed by atoms with Crippen LogP contribution < -0.4 is 10.1 Å². The molecule has 2 aromatic rings. The zero-order valence-corrected chi connectivity index (χ0v) is 13.4. The predicted octanol–water partition coefficient (Wildman–Crippen LogP) is 4.41. The first-order chi connectivity index (χ1) is 9.51. The Bertz CT molecular complexity index is 665. The molecule has 104 valence electrons. The minimum atomic E-state index is -0.333. The molecular formula is C13H9BrCl2N2O2. The Labute approximate surface area is 134 Å². The first-order valence-electron chi connectivity index (χ1n) is 5.47. The van der Waals surface area contributed by atoms with Crippen LogP contribution in [-0.4, -0.2) is 18.0 Å². The summed E-state index contributed by atoms with van der Waals surface area (Å²) in [5, 5.41) is 3.12. The molecule has 1 aromatic heterocycles. The fourth-order valence-electron chi connectivity index (χ4n) is 1.49. The molecule has 0 bridgehead atoms. The summed E-state index contributed by atoms with van der Waals surface area (Å²) >= 11 is 14.9. The number of rotatable bonds is 3. The number of ether oxygens (including phenoxy) is 1. The number of carbonyl (C=O) groups is 1. The van der Waals surface area contributed by atoms with E-state index in [2.05, 4.69) is 26.2 Å². The lowest BCUT2D eigenvalue weighted by Gasteiger charge is -2.08. The molecule has 0 saturated carbocycles. The minimum absolute atomic E-state index is 0.161. The summed E-state index contributed by atoms with van der Waals surface area (Å²) in [4.78, 5) is 15.9. The van der Waals surface area contributed by atoms with Crippen molar-refractivity contribution in [3.8, 4) is 5.75 Å². The van der Waals surface area contributed by atoms with Crippen molar-refractivity contribution < 1.29 is 9.53 Å². The van der Waals surface area contributed by atoms with E-state index in [9.17, 15) is 4.79 Å². The van der Waals surface area contributed by atoms with Gasteiger partial charge >= 0.3 is 0 Å². The van der Waals surface area contributed by atoms with E-state index in [0.29, 0.717) is 17.0 Å². The van der Waals surface area contributed by atoms with Crippen LogP contribution in [0.4, 0.5) is 5.69 Å². The highest BCUT2D eigenvalue weighted by Crippen LogP contribution is 2.28. The molecule has 0 atom stereocenters. The molecular weight excluding hydrogens is 367 g/mol. The lowest BCUT2D eigenvalue weighted by molar-refractivity contribution is 0.102. The van der Waals surface area contributed by atoms with Crippen LogP contribution in [-0.2, 0) is 0 Å². The van der Waals surface area contributed by atoms with E-state index in [1.165, 1.54) is 12.3 Å². The van der Waals surface area contributed by atoms with Gasteiger partial charge < -0.3 is 10.1 Å². The lowest BCUT2D eigenvalue weighted by atomic mass is 10.2. The lowest BCUT2D eigenvalue weighted by Crippen LogP contribution is -2.12. The number of carbonyl (C=O) groups excluding carboxylic acids is 1. The summed E-state index contributed by atoms with van der Waals surface area (Å²) in [6.07, 6.45) is 1.36. The van der Waals surface area contributed by atoms with Gasteiger partial charge in [0.1, 0.15) is 10.9 Å². The van der Waals surface area contributed by atoms with Crippen LogP contribution in [0.2, 0.25) is 10.2 Å². The fraction of sp³-hybridized carbons (Fsp3) is 0.0769. The summed E-state index contributed by atoms with van der Waals surface area (Å²) in [5.41, 5.74) is 0.919. The van der Waals surface area contributed by atoms with Gasteiger partial charge in [-0.25, -0.2) is 4.98 Å². The van der Waals surface area contributed by atoms with Crippen molar-refractivity contribution in [1.82, 2.24) is 4.98 Å². The molecule has 0 aliphatic carbocycles. The summed E-state index contributed by atoms with van der Waals surface area (Å²) in [5.74, 6) is 0.288. The molecule has 0 aliphatic rings. The van der Waals surface area contributed by atoms with Gasteiger partial charge in [0.05, 0.1) is 22.2 Å². The normalized spacial score (nSPS) is 10.2. The van der Waals surface area contributed by atoms with Crippen LogP contribution in [0.15, 0.2) is 34.9 Å². The highest BCUT2D eigenvalue weighted by atomic mass is 79.9. The number of nitrogens with zero attached hydrogens (tertiary/aromatic N) is 1. The average molecular weight is 376 g/mol. The van der Waals surface area contributed by atoms with Gasteiger partial charge in [-0.05, 0) is 34.1 Å². The zero-order chi connectivity index (χ0) is 14.7. The van der Waals surface area contributed by atoms with Gasteiger partial charge in [0, 0.05) is 18.0 Å². The van der Waals surface area contributed by atoms with Crippen molar-refractivity contribution in [2.75, 3.05) is 12.4 Å². The van der Waals surface area contributed by atoms with Gasteiger partial charge in [0.25, 0.3) is 5.91 Å². The molecule has 7 heteroatoms. The Kier molecular flexibility index (Phi) is 4.86. The average Bonchev–Trinajstić information content (AvgIpc) is 2.43. The molecule has 20 heavy (non-hydrogen) atoms. The second-order valence-electron chi connectivity index (χ2n) is 3.80. The SMILES string of the molecule is COc1cc(NC(=O)c2cnc(Cl)c(Cl)c2)ccc1Br. The number of benzene rings is 1. The largest absolute Gasteiger partial charge is 0.495 e. The third-order valence-electron chi connectivity index (χ3n) is 2.47. The summed E-state index contributed by atoms with van der Waals surface area (Å²) in [6, 6.07) is 6.69. The predicted molar refractivity (Wildman–Crippen MR) is 82.9 cm³/mol. The molecule has 0 aliphatic heterocycles. The summed E-state index contributed by atoms with van der Waals surface area (Å²) in [6.45, 7) is 0. The Hall–Kier alpha value is -1.30. The first kappa shape index (κ1) is 15.1. The number of hydrogen-bond acceptors (Lipinski definition) is 3. The quantitative estimate of drug-likeness (QED) is 0.808. The van der Waals surface area contributed by atoms with Crippen LogP contribution in [0.25, 0.3) is 0 Å². The van der Waals surface area contributed by atoms with E-state index in [4.69, 9.17) is 27.9 Å².